The van der Waals surface area contributed by atoms with Crippen LogP contribution in [-0.4, -0.2) is 48.5 Å². The number of hydrogen-bond acceptors (Lipinski definition) is 6. The third-order valence-corrected chi connectivity index (χ3v) is 2.51. The van der Waals surface area contributed by atoms with Gasteiger partial charge in [0.05, 0.1) is 11.5 Å². The molecule has 0 atom stereocenters. The number of esters is 1. The summed E-state index contributed by atoms with van der Waals surface area (Å²) in [7, 11) is 1.46. The molecule has 0 spiro atoms. The maximum atomic E-state index is 11.7. The molecule has 0 bridgehead atoms. The first-order valence-corrected chi connectivity index (χ1v) is 6.21. The zero-order valence-electron chi connectivity index (χ0n) is 11.8. The van der Waals surface area contributed by atoms with Crippen molar-refractivity contribution in [3.05, 3.63) is 34.4 Å². The van der Waals surface area contributed by atoms with Crippen molar-refractivity contribution in [2.75, 3.05) is 26.8 Å². The number of nitro benzene ring substituents is 1. The van der Waals surface area contributed by atoms with E-state index in [-0.39, 0.29) is 25.4 Å². The molecular weight excluding hydrogens is 280 g/mol. The lowest BCUT2D eigenvalue weighted by Crippen LogP contribution is -2.36. The highest BCUT2D eigenvalue weighted by Crippen LogP contribution is 2.17. The Morgan fingerprint density at radius 3 is 2.43 bits per heavy atom. The van der Waals surface area contributed by atoms with Crippen molar-refractivity contribution in [1.29, 1.82) is 0 Å². The average molecular weight is 296 g/mol. The molecule has 1 rings (SSSR count). The number of carbonyl (C=O) groups excluding carboxylic acids is 2. The van der Waals surface area contributed by atoms with Crippen molar-refractivity contribution in [3.8, 4) is 5.75 Å². The van der Waals surface area contributed by atoms with E-state index in [2.05, 4.69) is 0 Å². The number of hydrogen-bond donors (Lipinski definition) is 0. The molecule has 8 heteroatoms. The van der Waals surface area contributed by atoms with Crippen LogP contribution in [-0.2, 0) is 14.3 Å². The van der Waals surface area contributed by atoms with Gasteiger partial charge in [-0.15, -0.1) is 0 Å². The van der Waals surface area contributed by atoms with E-state index >= 15 is 0 Å². The first-order chi connectivity index (χ1) is 9.93. The first-order valence-electron chi connectivity index (χ1n) is 6.21. The Morgan fingerprint density at radius 2 is 1.90 bits per heavy atom. The lowest BCUT2D eigenvalue weighted by molar-refractivity contribution is -0.384. The summed E-state index contributed by atoms with van der Waals surface area (Å²) in [6.45, 7) is 1.50. The topological polar surface area (TPSA) is 99.0 Å². The van der Waals surface area contributed by atoms with E-state index in [1.54, 1.807) is 6.92 Å². The smallest absolute Gasteiger partial charge is 0.325 e. The van der Waals surface area contributed by atoms with Crippen molar-refractivity contribution in [2.45, 2.75) is 6.92 Å². The van der Waals surface area contributed by atoms with Crippen LogP contribution in [0.15, 0.2) is 24.3 Å². The largest absolute Gasteiger partial charge is 0.484 e. The summed E-state index contributed by atoms with van der Waals surface area (Å²) in [5, 5.41) is 10.5. The van der Waals surface area contributed by atoms with Crippen molar-refractivity contribution in [2.24, 2.45) is 0 Å². The third-order valence-electron chi connectivity index (χ3n) is 2.51. The van der Waals surface area contributed by atoms with Gasteiger partial charge in [0.25, 0.3) is 11.6 Å². The molecular formula is C13H16N2O6. The molecule has 0 aliphatic rings. The van der Waals surface area contributed by atoms with Crippen LogP contribution in [0.5, 0.6) is 5.75 Å². The molecule has 8 nitrogen and oxygen atoms in total. The number of nitro groups is 1. The summed E-state index contributed by atoms with van der Waals surface area (Å²) < 4.78 is 9.92. The summed E-state index contributed by atoms with van der Waals surface area (Å²) in [4.78, 5) is 34.1. The lowest BCUT2D eigenvalue weighted by atomic mass is 10.3. The fourth-order valence-corrected chi connectivity index (χ4v) is 1.41. The Kier molecular flexibility index (Phi) is 6.12. The molecule has 0 aliphatic carbocycles. The molecule has 0 aromatic heterocycles. The number of likely N-dealkylation sites (N-methyl/N-ethyl adjacent to an activating group) is 1. The minimum absolute atomic E-state index is 0.0619. The van der Waals surface area contributed by atoms with Crippen LogP contribution in [0.4, 0.5) is 5.69 Å². The molecule has 1 aromatic rings. The number of carbonyl (C=O) groups is 2. The van der Waals surface area contributed by atoms with Gasteiger partial charge in [-0.1, -0.05) is 0 Å². The Balaban J connectivity index is 2.45. The highest BCUT2D eigenvalue weighted by molar-refractivity contribution is 5.82. The molecule has 0 heterocycles. The van der Waals surface area contributed by atoms with Crippen LogP contribution in [0.2, 0.25) is 0 Å². The third kappa shape index (κ3) is 5.47. The van der Waals surface area contributed by atoms with Crippen LogP contribution < -0.4 is 4.74 Å². The molecule has 1 amide bonds. The predicted octanol–water partition coefficient (Wildman–Crippen LogP) is 0.995. The molecule has 0 fully saturated rings. The van der Waals surface area contributed by atoms with Gasteiger partial charge >= 0.3 is 5.97 Å². The Bertz CT molecular complexity index is 514. The van der Waals surface area contributed by atoms with Crippen molar-refractivity contribution in [3.63, 3.8) is 0 Å². The van der Waals surface area contributed by atoms with Crippen LogP contribution in [0.3, 0.4) is 0 Å². The number of rotatable bonds is 7. The maximum absolute atomic E-state index is 11.7. The quantitative estimate of drug-likeness (QED) is 0.423. The second kappa shape index (κ2) is 7.83. The van der Waals surface area contributed by atoms with Gasteiger partial charge in [-0.05, 0) is 19.1 Å². The number of non-ortho nitro benzene ring substituents is 1. The summed E-state index contributed by atoms with van der Waals surface area (Å²) in [6.07, 6.45) is 0. The maximum Gasteiger partial charge on any atom is 0.325 e. The number of amides is 1. The van der Waals surface area contributed by atoms with Crippen molar-refractivity contribution < 1.29 is 24.0 Å². The molecule has 114 valence electrons. The zero-order chi connectivity index (χ0) is 15.8. The molecule has 0 saturated carbocycles. The van der Waals surface area contributed by atoms with E-state index in [0.29, 0.717) is 5.75 Å². The molecule has 0 radical (unpaired) electrons. The Morgan fingerprint density at radius 1 is 1.29 bits per heavy atom. The standard InChI is InChI=1S/C13H16N2O6/c1-3-20-13(17)8-14(2)12(16)9-21-11-6-4-10(5-7-11)15(18)19/h4-7H,3,8-9H2,1-2H3. The first kappa shape index (κ1) is 16.4. The van der Waals surface area contributed by atoms with Crippen LogP contribution >= 0.6 is 0 Å². The fraction of sp³-hybridized carbons (Fsp3) is 0.385. The molecule has 0 saturated heterocycles. The van der Waals surface area contributed by atoms with Crippen LogP contribution in [0.25, 0.3) is 0 Å². The SMILES string of the molecule is CCOC(=O)CN(C)C(=O)COc1ccc([N+](=O)[O-])cc1. The minimum atomic E-state index is -0.526. The van der Waals surface area contributed by atoms with Gasteiger partial charge in [-0.3, -0.25) is 19.7 Å². The van der Waals surface area contributed by atoms with Gasteiger partial charge in [0, 0.05) is 19.2 Å². The van der Waals surface area contributed by atoms with Gasteiger partial charge in [-0.2, -0.15) is 0 Å². The summed E-state index contributed by atoms with van der Waals surface area (Å²) >= 11 is 0. The van der Waals surface area contributed by atoms with Crippen LogP contribution in [0.1, 0.15) is 6.92 Å². The van der Waals surface area contributed by atoms with Crippen LogP contribution in [0, 0.1) is 10.1 Å². The molecule has 0 N–H and O–H groups in total. The monoisotopic (exact) mass is 296 g/mol. The number of nitrogens with zero attached hydrogens (tertiary/aromatic N) is 2. The highest BCUT2D eigenvalue weighted by Gasteiger charge is 2.14. The minimum Gasteiger partial charge on any atom is -0.484 e. The Hall–Kier alpha value is -2.64. The molecule has 0 aliphatic heterocycles. The van der Waals surface area contributed by atoms with Gasteiger partial charge in [0.1, 0.15) is 12.3 Å². The number of ether oxygens (including phenoxy) is 2. The van der Waals surface area contributed by atoms with Gasteiger partial charge in [-0.25, -0.2) is 0 Å². The van der Waals surface area contributed by atoms with E-state index in [1.165, 1.54) is 36.2 Å². The van der Waals surface area contributed by atoms with E-state index in [1.807, 2.05) is 0 Å². The summed E-state index contributed by atoms with van der Waals surface area (Å²) in [5.41, 5.74) is -0.0619. The summed E-state index contributed by atoms with van der Waals surface area (Å²) in [5.74, 6) is -0.566. The van der Waals surface area contributed by atoms with E-state index in [4.69, 9.17) is 9.47 Å². The van der Waals surface area contributed by atoms with Crippen molar-refractivity contribution in [1.82, 2.24) is 4.90 Å². The lowest BCUT2D eigenvalue weighted by Gasteiger charge is -2.16. The molecule has 0 unspecified atom stereocenters. The fourth-order valence-electron chi connectivity index (χ4n) is 1.41. The predicted molar refractivity (Wildman–Crippen MR) is 72.9 cm³/mol. The van der Waals surface area contributed by atoms with E-state index in [9.17, 15) is 19.7 Å². The zero-order valence-corrected chi connectivity index (χ0v) is 11.8. The highest BCUT2D eigenvalue weighted by atomic mass is 16.6. The van der Waals surface area contributed by atoms with E-state index in [0.717, 1.165) is 0 Å². The number of benzene rings is 1. The summed E-state index contributed by atoms with van der Waals surface area (Å²) in [6, 6.07) is 5.36. The Labute approximate surface area is 121 Å². The second-order valence-corrected chi connectivity index (χ2v) is 4.09. The molecule has 21 heavy (non-hydrogen) atoms. The average Bonchev–Trinajstić information content (AvgIpc) is 2.45. The van der Waals surface area contributed by atoms with Crippen molar-refractivity contribution >= 4 is 17.6 Å². The second-order valence-electron chi connectivity index (χ2n) is 4.09. The van der Waals surface area contributed by atoms with Gasteiger partial charge in [0.15, 0.2) is 6.61 Å². The van der Waals surface area contributed by atoms with Gasteiger partial charge < -0.3 is 14.4 Å². The van der Waals surface area contributed by atoms with Gasteiger partial charge in [0.2, 0.25) is 0 Å². The normalized spacial score (nSPS) is 9.81. The van der Waals surface area contributed by atoms with E-state index < -0.39 is 16.8 Å². The molecule has 1 aromatic carbocycles.